The van der Waals surface area contributed by atoms with Gasteiger partial charge in [0.2, 0.25) is 5.91 Å². The number of primary amides is 1. The Morgan fingerprint density at radius 1 is 1.00 bits per heavy atom. The van der Waals surface area contributed by atoms with Crippen LogP contribution in [0.1, 0.15) is 21.5 Å². The minimum Gasteiger partial charge on any atom is -0.366 e. The maximum absolute atomic E-state index is 11.4. The molecule has 1 heterocycles. The van der Waals surface area contributed by atoms with Gasteiger partial charge < -0.3 is 10.7 Å². The summed E-state index contributed by atoms with van der Waals surface area (Å²) in [6.45, 7) is 0. The third-order valence-electron chi connectivity index (χ3n) is 3.34. The molecule has 0 aliphatic carbocycles. The van der Waals surface area contributed by atoms with Gasteiger partial charge in [-0.3, -0.25) is 4.79 Å². The smallest absolute Gasteiger partial charge is 0.248 e. The average Bonchev–Trinajstić information content (AvgIpc) is 2.83. The van der Waals surface area contributed by atoms with E-state index in [1.54, 1.807) is 6.07 Å². The number of carbonyl (C=O) groups excluding carboxylic acids is 1. The lowest BCUT2D eigenvalue weighted by molar-refractivity contribution is 0.0999. The molecule has 0 atom stereocenters. The molecule has 3 rings (SSSR count). The summed E-state index contributed by atoms with van der Waals surface area (Å²) in [5, 5.41) is 1.18. The minimum atomic E-state index is -0.379. The Kier molecular flexibility index (Phi) is 2.80. The molecule has 0 aliphatic heterocycles. The maximum Gasteiger partial charge on any atom is 0.248 e. The van der Waals surface area contributed by atoms with Gasteiger partial charge in [0.05, 0.1) is 0 Å². The maximum atomic E-state index is 11.4. The van der Waals surface area contributed by atoms with Crippen molar-refractivity contribution in [3.05, 3.63) is 71.4 Å². The van der Waals surface area contributed by atoms with Gasteiger partial charge in [-0.25, -0.2) is 0 Å². The molecule has 0 saturated carbocycles. The van der Waals surface area contributed by atoms with Crippen molar-refractivity contribution in [2.45, 2.75) is 6.42 Å². The van der Waals surface area contributed by atoms with E-state index in [-0.39, 0.29) is 5.91 Å². The second-order valence-corrected chi connectivity index (χ2v) is 4.56. The molecule has 3 N–H and O–H groups in total. The number of hydrogen-bond acceptors (Lipinski definition) is 1. The summed E-state index contributed by atoms with van der Waals surface area (Å²) >= 11 is 0. The second kappa shape index (κ2) is 4.61. The number of benzene rings is 2. The van der Waals surface area contributed by atoms with E-state index >= 15 is 0 Å². The Balaban J connectivity index is 2.04. The predicted molar refractivity (Wildman–Crippen MR) is 76.1 cm³/mol. The zero-order valence-electron chi connectivity index (χ0n) is 10.4. The lowest BCUT2D eigenvalue weighted by Crippen LogP contribution is -2.13. The Bertz CT molecular complexity index is 743. The Morgan fingerprint density at radius 3 is 2.58 bits per heavy atom. The number of amides is 1. The Morgan fingerprint density at radius 2 is 1.74 bits per heavy atom. The SMILES string of the molecule is NC(=O)c1ccccc1Cc1c[nH]c2ccccc12. The van der Waals surface area contributed by atoms with E-state index in [1.165, 1.54) is 10.9 Å². The number of nitrogens with one attached hydrogen (secondary N) is 1. The van der Waals surface area contributed by atoms with Crippen molar-refractivity contribution in [1.29, 1.82) is 0 Å². The fourth-order valence-corrected chi connectivity index (χ4v) is 2.40. The van der Waals surface area contributed by atoms with Crippen LogP contribution < -0.4 is 5.73 Å². The summed E-state index contributed by atoms with van der Waals surface area (Å²) in [4.78, 5) is 14.7. The number of H-pyrrole nitrogens is 1. The largest absolute Gasteiger partial charge is 0.366 e. The molecule has 2 aromatic carbocycles. The highest BCUT2D eigenvalue weighted by molar-refractivity contribution is 5.94. The van der Waals surface area contributed by atoms with Crippen molar-refractivity contribution in [2.75, 3.05) is 0 Å². The van der Waals surface area contributed by atoms with Crippen molar-refractivity contribution in [1.82, 2.24) is 4.98 Å². The fourth-order valence-electron chi connectivity index (χ4n) is 2.40. The van der Waals surface area contributed by atoms with Gasteiger partial charge in [-0.1, -0.05) is 36.4 Å². The number of fused-ring (bicyclic) bond motifs is 1. The number of rotatable bonds is 3. The van der Waals surface area contributed by atoms with E-state index in [0.717, 1.165) is 11.1 Å². The molecule has 1 aromatic heterocycles. The van der Waals surface area contributed by atoms with E-state index in [0.29, 0.717) is 12.0 Å². The summed E-state index contributed by atoms with van der Waals surface area (Å²) in [7, 11) is 0. The summed E-state index contributed by atoms with van der Waals surface area (Å²) < 4.78 is 0. The van der Waals surface area contributed by atoms with Crippen molar-refractivity contribution >= 4 is 16.8 Å². The van der Waals surface area contributed by atoms with Crippen LogP contribution >= 0.6 is 0 Å². The first-order valence-electron chi connectivity index (χ1n) is 6.18. The lowest BCUT2D eigenvalue weighted by Gasteiger charge is -2.05. The number of aromatic amines is 1. The molecule has 0 saturated heterocycles. The van der Waals surface area contributed by atoms with Crippen LogP contribution in [0, 0.1) is 0 Å². The summed E-state index contributed by atoms with van der Waals surface area (Å²) in [6, 6.07) is 15.6. The van der Waals surface area contributed by atoms with Gasteiger partial charge in [0.25, 0.3) is 0 Å². The summed E-state index contributed by atoms with van der Waals surface area (Å²) in [5.41, 5.74) is 9.23. The van der Waals surface area contributed by atoms with Gasteiger partial charge >= 0.3 is 0 Å². The highest BCUT2D eigenvalue weighted by Crippen LogP contribution is 2.22. The van der Waals surface area contributed by atoms with Crippen molar-refractivity contribution in [3.63, 3.8) is 0 Å². The highest BCUT2D eigenvalue weighted by Gasteiger charge is 2.10. The van der Waals surface area contributed by atoms with E-state index in [4.69, 9.17) is 5.73 Å². The van der Waals surface area contributed by atoms with Crippen molar-refractivity contribution < 1.29 is 4.79 Å². The zero-order valence-corrected chi connectivity index (χ0v) is 10.4. The standard InChI is InChI=1S/C16H14N2O/c17-16(19)14-7-2-1-5-11(14)9-12-10-18-15-8-4-3-6-13(12)15/h1-8,10,18H,9H2,(H2,17,19). The Labute approximate surface area is 111 Å². The summed E-state index contributed by atoms with van der Waals surface area (Å²) in [6.07, 6.45) is 2.69. The topological polar surface area (TPSA) is 58.9 Å². The van der Waals surface area contributed by atoms with Crippen LogP contribution in [0.5, 0.6) is 0 Å². The van der Waals surface area contributed by atoms with Crippen molar-refractivity contribution in [2.24, 2.45) is 5.73 Å². The van der Waals surface area contributed by atoms with Crippen LogP contribution in [0.2, 0.25) is 0 Å². The van der Waals surface area contributed by atoms with E-state index in [2.05, 4.69) is 11.1 Å². The monoisotopic (exact) mass is 250 g/mol. The third kappa shape index (κ3) is 2.10. The molecule has 0 bridgehead atoms. The molecule has 0 spiro atoms. The molecule has 0 radical (unpaired) electrons. The first kappa shape index (κ1) is 11.5. The molecule has 3 aromatic rings. The van der Waals surface area contributed by atoms with Crippen LogP contribution in [0.25, 0.3) is 10.9 Å². The fraction of sp³-hybridized carbons (Fsp3) is 0.0625. The molecule has 0 fully saturated rings. The first-order chi connectivity index (χ1) is 9.25. The second-order valence-electron chi connectivity index (χ2n) is 4.56. The lowest BCUT2D eigenvalue weighted by atomic mass is 9.99. The van der Waals surface area contributed by atoms with Crippen LogP contribution in [-0.2, 0) is 6.42 Å². The molecule has 19 heavy (non-hydrogen) atoms. The molecular formula is C16H14N2O. The van der Waals surface area contributed by atoms with Crippen LogP contribution in [0.15, 0.2) is 54.7 Å². The van der Waals surface area contributed by atoms with E-state index < -0.39 is 0 Å². The van der Waals surface area contributed by atoms with Crippen LogP contribution in [-0.4, -0.2) is 10.9 Å². The van der Waals surface area contributed by atoms with Gasteiger partial charge in [0.1, 0.15) is 0 Å². The molecule has 0 aliphatic rings. The number of para-hydroxylation sites is 1. The zero-order chi connectivity index (χ0) is 13.2. The predicted octanol–water partition coefficient (Wildman–Crippen LogP) is 2.86. The molecular weight excluding hydrogens is 236 g/mol. The number of carbonyl (C=O) groups is 1. The summed E-state index contributed by atoms with van der Waals surface area (Å²) in [5.74, 6) is -0.379. The molecule has 0 unspecified atom stereocenters. The van der Waals surface area contributed by atoms with E-state index in [1.807, 2.05) is 42.6 Å². The molecule has 1 amide bonds. The first-order valence-corrected chi connectivity index (χ1v) is 6.18. The van der Waals surface area contributed by atoms with Crippen LogP contribution in [0.3, 0.4) is 0 Å². The number of hydrogen-bond donors (Lipinski definition) is 2. The quantitative estimate of drug-likeness (QED) is 0.737. The number of aromatic nitrogens is 1. The average molecular weight is 250 g/mol. The molecule has 94 valence electrons. The molecule has 3 nitrogen and oxygen atoms in total. The van der Waals surface area contributed by atoms with Crippen molar-refractivity contribution in [3.8, 4) is 0 Å². The van der Waals surface area contributed by atoms with Gasteiger partial charge in [-0.15, -0.1) is 0 Å². The Hall–Kier alpha value is -2.55. The van der Waals surface area contributed by atoms with E-state index in [9.17, 15) is 4.79 Å². The van der Waals surface area contributed by atoms with Gasteiger partial charge in [0.15, 0.2) is 0 Å². The van der Waals surface area contributed by atoms with Gasteiger partial charge in [-0.05, 0) is 23.3 Å². The highest BCUT2D eigenvalue weighted by atomic mass is 16.1. The number of nitrogens with two attached hydrogens (primary N) is 1. The van der Waals surface area contributed by atoms with Gasteiger partial charge in [0, 0.05) is 29.1 Å². The third-order valence-corrected chi connectivity index (χ3v) is 3.34. The normalized spacial score (nSPS) is 10.7. The van der Waals surface area contributed by atoms with Crippen LogP contribution in [0.4, 0.5) is 0 Å². The van der Waals surface area contributed by atoms with Gasteiger partial charge in [-0.2, -0.15) is 0 Å². The molecule has 3 heteroatoms. The minimum absolute atomic E-state index is 0.379.